The Morgan fingerprint density at radius 2 is 2.12 bits per heavy atom. The molecule has 88 valence electrons. The van der Waals surface area contributed by atoms with E-state index in [0.717, 1.165) is 16.6 Å². The number of aromatic nitrogens is 2. The number of rotatable bonds is 3. The first kappa shape index (κ1) is 11.2. The first-order chi connectivity index (χ1) is 8.19. The predicted octanol–water partition coefficient (Wildman–Crippen LogP) is 1.43. The molecule has 1 heterocycles. The zero-order chi connectivity index (χ0) is 12.3. The fourth-order valence-corrected chi connectivity index (χ4v) is 1.53. The van der Waals surface area contributed by atoms with Gasteiger partial charge < -0.3 is 14.7 Å². The van der Waals surface area contributed by atoms with E-state index in [4.69, 9.17) is 0 Å². The molecular formula is C12H12N2O3. The molecule has 0 fully saturated rings. The number of benzene rings is 1. The summed E-state index contributed by atoms with van der Waals surface area (Å²) < 4.78 is 4.52. The number of hydrogen-bond donors (Lipinski definition) is 2. The van der Waals surface area contributed by atoms with Crippen molar-refractivity contribution in [3.05, 3.63) is 40.3 Å². The van der Waals surface area contributed by atoms with Crippen molar-refractivity contribution in [1.82, 2.24) is 9.97 Å². The van der Waals surface area contributed by atoms with Gasteiger partial charge in [0.25, 0.3) is 0 Å². The van der Waals surface area contributed by atoms with E-state index < -0.39 is 0 Å². The van der Waals surface area contributed by atoms with Crippen molar-refractivity contribution in [3.63, 3.8) is 0 Å². The van der Waals surface area contributed by atoms with Crippen LogP contribution in [-0.2, 0) is 9.53 Å². The highest BCUT2D eigenvalue weighted by Gasteiger charge is 1.98. The van der Waals surface area contributed by atoms with E-state index in [2.05, 4.69) is 14.7 Å². The third kappa shape index (κ3) is 2.63. The smallest absolute Gasteiger partial charge is 0.323 e. The van der Waals surface area contributed by atoms with Crippen LogP contribution in [0.3, 0.4) is 0 Å². The summed E-state index contributed by atoms with van der Waals surface area (Å²) in [7, 11) is 1.35. The number of imidazole rings is 1. The standard InChI is InChI=1S/C12H12N2O3/c1-17-11(15)4-2-3-8-5-6-9-10(7-8)14-12(16)13-9/h2-3,5-7H,4H2,1H3,(H2,13,14,16). The molecule has 0 spiro atoms. The highest BCUT2D eigenvalue weighted by Crippen LogP contribution is 2.11. The average molecular weight is 232 g/mol. The second kappa shape index (κ2) is 4.69. The lowest BCUT2D eigenvalue weighted by atomic mass is 10.2. The van der Waals surface area contributed by atoms with Gasteiger partial charge in [-0.05, 0) is 17.7 Å². The number of aromatic amines is 2. The minimum atomic E-state index is -0.280. The van der Waals surface area contributed by atoms with Gasteiger partial charge in [-0.15, -0.1) is 0 Å². The largest absolute Gasteiger partial charge is 0.469 e. The molecule has 2 rings (SSSR count). The van der Waals surface area contributed by atoms with Gasteiger partial charge in [0, 0.05) is 0 Å². The third-order valence-corrected chi connectivity index (χ3v) is 2.36. The Labute approximate surface area is 97.1 Å². The molecule has 0 atom stereocenters. The molecule has 0 saturated heterocycles. The molecule has 5 nitrogen and oxygen atoms in total. The van der Waals surface area contributed by atoms with Crippen molar-refractivity contribution >= 4 is 23.1 Å². The molecule has 17 heavy (non-hydrogen) atoms. The Hall–Kier alpha value is -2.30. The summed E-state index contributed by atoms with van der Waals surface area (Å²) in [4.78, 5) is 27.3. The molecule has 1 aromatic carbocycles. The van der Waals surface area contributed by atoms with E-state index in [1.54, 1.807) is 6.08 Å². The van der Waals surface area contributed by atoms with Crippen molar-refractivity contribution in [3.8, 4) is 0 Å². The quantitative estimate of drug-likeness (QED) is 0.786. The maximum Gasteiger partial charge on any atom is 0.323 e. The summed E-state index contributed by atoms with van der Waals surface area (Å²) in [5.74, 6) is -0.280. The maximum absolute atomic E-state index is 11.1. The van der Waals surface area contributed by atoms with E-state index >= 15 is 0 Å². The van der Waals surface area contributed by atoms with Crippen LogP contribution < -0.4 is 5.69 Å². The first-order valence-corrected chi connectivity index (χ1v) is 5.14. The summed E-state index contributed by atoms with van der Waals surface area (Å²) >= 11 is 0. The van der Waals surface area contributed by atoms with E-state index in [0.29, 0.717) is 0 Å². The van der Waals surface area contributed by atoms with Crippen molar-refractivity contribution < 1.29 is 9.53 Å². The van der Waals surface area contributed by atoms with Gasteiger partial charge in [-0.3, -0.25) is 4.79 Å². The highest BCUT2D eigenvalue weighted by molar-refractivity contribution is 5.78. The summed E-state index contributed by atoms with van der Waals surface area (Å²) in [6, 6.07) is 5.51. The molecule has 0 bridgehead atoms. The van der Waals surface area contributed by atoms with Crippen LogP contribution in [0.1, 0.15) is 12.0 Å². The van der Waals surface area contributed by atoms with E-state index in [1.807, 2.05) is 24.3 Å². The molecule has 0 aliphatic heterocycles. The van der Waals surface area contributed by atoms with Gasteiger partial charge in [-0.25, -0.2) is 4.79 Å². The number of ether oxygens (including phenoxy) is 1. The SMILES string of the molecule is COC(=O)CC=Cc1ccc2[nH]c(=O)[nH]c2c1. The summed E-state index contributed by atoms with van der Waals surface area (Å²) in [6.07, 6.45) is 3.76. The number of carbonyl (C=O) groups excluding carboxylic acids is 1. The van der Waals surface area contributed by atoms with Crippen LogP contribution in [0.15, 0.2) is 29.1 Å². The van der Waals surface area contributed by atoms with Gasteiger partial charge in [0.15, 0.2) is 0 Å². The number of H-pyrrole nitrogens is 2. The first-order valence-electron chi connectivity index (χ1n) is 5.14. The lowest BCUT2D eigenvalue weighted by Gasteiger charge is -1.94. The highest BCUT2D eigenvalue weighted by atomic mass is 16.5. The summed E-state index contributed by atoms with van der Waals surface area (Å²) in [5.41, 5.74) is 2.20. The van der Waals surface area contributed by atoms with Gasteiger partial charge in [0.05, 0.1) is 24.6 Å². The average Bonchev–Trinajstić information content (AvgIpc) is 2.68. The van der Waals surface area contributed by atoms with E-state index in [9.17, 15) is 9.59 Å². The van der Waals surface area contributed by atoms with Crippen LogP contribution in [0.2, 0.25) is 0 Å². The van der Waals surface area contributed by atoms with Crippen LogP contribution in [0.25, 0.3) is 17.1 Å². The van der Waals surface area contributed by atoms with Gasteiger partial charge in [0.1, 0.15) is 0 Å². The minimum Gasteiger partial charge on any atom is -0.469 e. The molecule has 0 aliphatic carbocycles. The molecule has 0 aliphatic rings. The number of nitrogens with one attached hydrogen (secondary N) is 2. The molecule has 5 heteroatoms. The molecular weight excluding hydrogens is 220 g/mol. The second-order valence-electron chi connectivity index (χ2n) is 3.57. The van der Waals surface area contributed by atoms with Crippen LogP contribution in [0.5, 0.6) is 0 Å². The lowest BCUT2D eigenvalue weighted by molar-refractivity contribution is -0.139. The third-order valence-electron chi connectivity index (χ3n) is 2.36. The zero-order valence-electron chi connectivity index (χ0n) is 9.32. The monoisotopic (exact) mass is 232 g/mol. The lowest BCUT2D eigenvalue weighted by Crippen LogP contribution is -1.99. The zero-order valence-corrected chi connectivity index (χ0v) is 9.32. The van der Waals surface area contributed by atoms with Crippen LogP contribution >= 0.6 is 0 Å². The molecule has 0 radical (unpaired) electrons. The molecule has 2 N–H and O–H groups in total. The second-order valence-corrected chi connectivity index (χ2v) is 3.57. The molecule has 0 amide bonds. The van der Waals surface area contributed by atoms with Gasteiger partial charge in [-0.1, -0.05) is 18.2 Å². The normalized spacial score (nSPS) is 11.1. The molecule has 0 unspecified atom stereocenters. The van der Waals surface area contributed by atoms with E-state index in [-0.39, 0.29) is 18.1 Å². The Kier molecular flexibility index (Phi) is 3.09. The van der Waals surface area contributed by atoms with Gasteiger partial charge in [-0.2, -0.15) is 0 Å². The molecule has 1 aromatic heterocycles. The Bertz CT molecular complexity index is 622. The number of carbonyl (C=O) groups is 1. The number of esters is 1. The minimum absolute atomic E-state index is 0.226. The topological polar surface area (TPSA) is 75.0 Å². The van der Waals surface area contributed by atoms with Crippen molar-refractivity contribution in [1.29, 1.82) is 0 Å². The van der Waals surface area contributed by atoms with Crippen LogP contribution in [0, 0.1) is 0 Å². The van der Waals surface area contributed by atoms with Gasteiger partial charge in [0.2, 0.25) is 0 Å². The van der Waals surface area contributed by atoms with Crippen LogP contribution in [0.4, 0.5) is 0 Å². The Morgan fingerprint density at radius 3 is 2.88 bits per heavy atom. The summed E-state index contributed by atoms with van der Waals surface area (Å²) in [6.45, 7) is 0. The van der Waals surface area contributed by atoms with Gasteiger partial charge >= 0.3 is 11.7 Å². The maximum atomic E-state index is 11.1. The summed E-state index contributed by atoms with van der Waals surface area (Å²) in [5, 5.41) is 0. The van der Waals surface area contributed by atoms with Crippen LogP contribution in [-0.4, -0.2) is 23.0 Å². The molecule has 0 saturated carbocycles. The van der Waals surface area contributed by atoms with E-state index in [1.165, 1.54) is 7.11 Å². The fraction of sp³-hybridized carbons (Fsp3) is 0.167. The number of methoxy groups -OCH3 is 1. The Morgan fingerprint density at radius 1 is 1.35 bits per heavy atom. The predicted molar refractivity (Wildman–Crippen MR) is 64.6 cm³/mol. The number of fused-ring (bicyclic) bond motifs is 1. The fourth-order valence-electron chi connectivity index (χ4n) is 1.53. The Balaban J connectivity index is 2.19. The van der Waals surface area contributed by atoms with Crippen molar-refractivity contribution in [2.45, 2.75) is 6.42 Å². The molecule has 2 aromatic rings. The van der Waals surface area contributed by atoms with Crippen molar-refractivity contribution in [2.75, 3.05) is 7.11 Å². The number of hydrogen-bond acceptors (Lipinski definition) is 3. The van der Waals surface area contributed by atoms with Crippen molar-refractivity contribution in [2.24, 2.45) is 0 Å².